The van der Waals surface area contributed by atoms with E-state index in [0.29, 0.717) is 0 Å². The van der Waals surface area contributed by atoms with Crippen LogP contribution in [0.4, 0.5) is 4.39 Å². The topological polar surface area (TPSA) is 3.24 Å². The van der Waals surface area contributed by atoms with E-state index in [2.05, 4.69) is 37.2 Å². The lowest BCUT2D eigenvalue weighted by Crippen LogP contribution is -2.21. The zero-order chi connectivity index (χ0) is 16.0. The Morgan fingerprint density at radius 1 is 1.04 bits per heavy atom. The third kappa shape index (κ3) is 2.81. The first-order valence-corrected chi connectivity index (χ1v) is 8.66. The highest BCUT2D eigenvalue weighted by molar-refractivity contribution is 5.87. The molecule has 0 aliphatic heterocycles. The molecule has 2 bridgehead atoms. The van der Waals surface area contributed by atoms with Gasteiger partial charge in [-0.2, -0.15) is 0 Å². The van der Waals surface area contributed by atoms with Gasteiger partial charge < -0.3 is 4.90 Å². The van der Waals surface area contributed by atoms with Crippen molar-refractivity contribution in [3.8, 4) is 0 Å². The van der Waals surface area contributed by atoms with Crippen molar-refractivity contribution in [2.24, 2.45) is 11.8 Å². The highest BCUT2D eigenvalue weighted by Crippen LogP contribution is 2.49. The molecule has 1 fully saturated rings. The molecule has 2 aliphatic rings. The Balaban J connectivity index is 1.82. The van der Waals surface area contributed by atoms with Crippen LogP contribution in [0, 0.1) is 17.7 Å². The van der Waals surface area contributed by atoms with Crippen molar-refractivity contribution in [1.82, 2.24) is 4.90 Å². The number of allylic oxidation sites excluding steroid dienone is 1. The van der Waals surface area contributed by atoms with Crippen LogP contribution in [0.3, 0.4) is 0 Å². The first kappa shape index (κ1) is 14.9. The molecule has 120 valence electrons. The van der Waals surface area contributed by atoms with Crippen LogP contribution in [-0.4, -0.2) is 25.5 Å². The summed E-state index contributed by atoms with van der Waals surface area (Å²) in [5.74, 6) is 1.46. The van der Waals surface area contributed by atoms with Gasteiger partial charge in [-0.15, -0.1) is 0 Å². The van der Waals surface area contributed by atoms with Gasteiger partial charge in [0, 0.05) is 6.54 Å². The predicted molar refractivity (Wildman–Crippen MR) is 94.8 cm³/mol. The number of hydrogen-bond donors (Lipinski definition) is 0. The van der Waals surface area contributed by atoms with Crippen LogP contribution in [-0.2, 0) is 0 Å². The maximum Gasteiger partial charge on any atom is 0.123 e. The van der Waals surface area contributed by atoms with E-state index in [1.807, 2.05) is 6.07 Å². The molecule has 0 aromatic heterocycles. The maximum absolute atomic E-state index is 13.4. The summed E-state index contributed by atoms with van der Waals surface area (Å²) >= 11 is 0. The van der Waals surface area contributed by atoms with Crippen molar-refractivity contribution < 1.29 is 4.39 Å². The summed E-state index contributed by atoms with van der Waals surface area (Å²) in [6.45, 7) is 1.06. The van der Waals surface area contributed by atoms with Gasteiger partial charge >= 0.3 is 0 Å². The first-order valence-electron chi connectivity index (χ1n) is 8.66. The van der Waals surface area contributed by atoms with Crippen LogP contribution >= 0.6 is 0 Å². The molecule has 0 heterocycles. The SMILES string of the molecule is CN(C)CC1=C(c2ccc3cc(F)ccc3c2)[C@@H]2CC[C@H](C1)C2. The van der Waals surface area contributed by atoms with Crippen molar-refractivity contribution in [1.29, 1.82) is 0 Å². The van der Waals surface area contributed by atoms with Crippen LogP contribution in [0.1, 0.15) is 31.2 Å². The molecule has 2 aliphatic carbocycles. The van der Waals surface area contributed by atoms with Crippen molar-refractivity contribution in [2.45, 2.75) is 25.7 Å². The fourth-order valence-corrected chi connectivity index (χ4v) is 4.63. The second-order valence-corrected chi connectivity index (χ2v) is 7.54. The highest BCUT2D eigenvalue weighted by Gasteiger charge is 2.35. The minimum Gasteiger partial charge on any atom is -0.305 e. The van der Waals surface area contributed by atoms with E-state index in [4.69, 9.17) is 0 Å². The maximum atomic E-state index is 13.4. The summed E-state index contributed by atoms with van der Waals surface area (Å²) in [6.07, 6.45) is 5.32. The second kappa shape index (κ2) is 5.76. The summed E-state index contributed by atoms with van der Waals surface area (Å²) in [7, 11) is 4.31. The van der Waals surface area contributed by atoms with E-state index in [9.17, 15) is 4.39 Å². The molecule has 0 N–H and O–H groups in total. The third-order valence-corrected chi connectivity index (χ3v) is 5.49. The van der Waals surface area contributed by atoms with Crippen LogP contribution in [0.2, 0.25) is 0 Å². The zero-order valence-corrected chi connectivity index (χ0v) is 14.0. The third-order valence-electron chi connectivity index (χ3n) is 5.49. The minimum absolute atomic E-state index is 0.158. The van der Waals surface area contributed by atoms with Gasteiger partial charge in [0.25, 0.3) is 0 Å². The molecule has 2 aromatic rings. The molecule has 4 rings (SSSR count). The lowest BCUT2D eigenvalue weighted by molar-refractivity contribution is 0.413. The molecule has 2 atom stereocenters. The molecular formula is C21H24FN. The largest absolute Gasteiger partial charge is 0.305 e. The number of halogens is 1. The van der Waals surface area contributed by atoms with Crippen LogP contribution in [0.5, 0.6) is 0 Å². The van der Waals surface area contributed by atoms with E-state index in [1.165, 1.54) is 31.2 Å². The predicted octanol–water partition coefficient (Wildman–Crippen LogP) is 5.11. The molecule has 2 heteroatoms. The number of hydrogen-bond acceptors (Lipinski definition) is 1. The van der Waals surface area contributed by atoms with Gasteiger partial charge in [0.2, 0.25) is 0 Å². The van der Waals surface area contributed by atoms with Gasteiger partial charge in [0.15, 0.2) is 0 Å². The highest BCUT2D eigenvalue weighted by atomic mass is 19.1. The molecular weight excluding hydrogens is 285 g/mol. The minimum atomic E-state index is -0.158. The van der Waals surface area contributed by atoms with Gasteiger partial charge in [0.05, 0.1) is 0 Å². The van der Waals surface area contributed by atoms with E-state index in [0.717, 1.165) is 29.2 Å². The summed E-state index contributed by atoms with van der Waals surface area (Å²) < 4.78 is 13.4. The Bertz CT molecular complexity index is 775. The van der Waals surface area contributed by atoms with Gasteiger partial charge in [0.1, 0.15) is 5.82 Å². The summed E-state index contributed by atoms with van der Waals surface area (Å²) in [5.41, 5.74) is 4.56. The summed E-state index contributed by atoms with van der Waals surface area (Å²) in [6, 6.07) is 11.6. The van der Waals surface area contributed by atoms with Gasteiger partial charge in [-0.25, -0.2) is 4.39 Å². The monoisotopic (exact) mass is 309 g/mol. The smallest absolute Gasteiger partial charge is 0.123 e. The van der Waals surface area contributed by atoms with Crippen molar-refractivity contribution >= 4 is 16.3 Å². The lowest BCUT2D eigenvalue weighted by Gasteiger charge is -2.29. The van der Waals surface area contributed by atoms with E-state index >= 15 is 0 Å². The van der Waals surface area contributed by atoms with Crippen LogP contribution in [0.25, 0.3) is 16.3 Å². The van der Waals surface area contributed by atoms with Crippen LogP contribution < -0.4 is 0 Å². The number of likely N-dealkylation sites (N-methyl/N-ethyl adjacent to an activating group) is 1. The van der Waals surface area contributed by atoms with E-state index in [-0.39, 0.29) is 5.82 Å². The van der Waals surface area contributed by atoms with Gasteiger partial charge in [-0.05, 0) is 91.7 Å². The molecule has 0 unspecified atom stereocenters. The molecule has 0 saturated heterocycles. The van der Waals surface area contributed by atoms with Crippen LogP contribution in [0.15, 0.2) is 42.0 Å². The molecule has 23 heavy (non-hydrogen) atoms. The van der Waals surface area contributed by atoms with Crippen molar-refractivity contribution in [3.63, 3.8) is 0 Å². The molecule has 2 aromatic carbocycles. The zero-order valence-electron chi connectivity index (χ0n) is 14.0. The van der Waals surface area contributed by atoms with Crippen molar-refractivity contribution in [3.05, 3.63) is 53.4 Å². The average molecular weight is 309 g/mol. The number of rotatable bonds is 3. The van der Waals surface area contributed by atoms with Gasteiger partial charge in [-0.3, -0.25) is 0 Å². The van der Waals surface area contributed by atoms with Crippen molar-refractivity contribution in [2.75, 3.05) is 20.6 Å². The second-order valence-electron chi connectivity index (χ2n) is 7.54. The molecule has 1 saturated carbocycles. The Kier molecular flexibility index (Phi) is 3.73. The first-order chi connectivity index (χ1) is 11.1. The number of nitrogens with zero attached hydrogens (tertiary/aromatic N) is 1. The normalized spacial score (nSPS) is 24.0. The van der Waals surface area contributed by atoms with E-state index < -0.39 is 0 Å². The average Bonchev–Trinajstić information content (AvgIpc) is 2.88. The Morgan fingerprint density at radius 2 is 1.83 bits per heavy atom. The number of fused-ring (bicyclic) bond motifs is 3. The van der Waals surface area contributed by atoms with Gasteiger partial charge in [-0.1, -0.05) is 23.8 Å². The Morgan fingerprint density at radius 3 is 2.65 bits per heavy atom. The molecule has 1 nitrogen and oxygen atoms in total. The standard InChI is InChI=1S/C21H24FN/c1-23(2)13-19-10-14-3-4-17(9-14)21(19)18-6-5-16-12-20(22)8-7-15(16)11-18/h5-8,11-12,14,17H,3-4,9-10,13H2,1-2H3/t14-,17+/m0/s1. The summed E-state index contributed by atoms with van der Waals surface area (Å²) in [4.78, 5) is 2.29. The quantitative estimate of drug-likeness (QED) is 0.761. The summed E-state index contributed by atoms with van der Waals surface area (Å²) in [5, 5.41) is 2.13. The van der Waals surface area contributed by atoms with E-state index in [1.54, 1.807) is 23.3 Å². The Hall–Kier alpha value is -1.67. The molecule has 0 radical (unpaired) electrons. The lowest BCUT2D eigenvalue weighted by atomic mass is 9.79. The molecule has 0 amide bonds. The Labute approximate surface area is 137 Å². The fraction of sp³-hybridized carbons (Fsp3) is 0.429. The number of benzene rings is 2. The molecule has 0 spiro atoms. The fourth-order valence-electron chi connectivity index (χ4n) is 4.63.